The minimum atomic E-state index is 0.467. The lowest BCUT2D eigenvalue weighted by atomic mass is 10.0. The smallest absolute Gasteiger partial charge is 0.0475 e. The number of hydrogen-bond donors (Lipinski definition) is 0. The van der Waals surface area contributed by atoms with Crippen LogP contribution in [0.4, 0.5) is 0 Å². The summed E-state index contributed by atoms with van der Waals surface area (Å²) in [5.74, 6) is 0. The third kappa shape index (κ3) is 13.3. The highest BCUT2D eigenvalue weighted by Crippen LogP contribution is 2.08. The van der Waals surface area contributed by atoms with Gasteiger partial charge in [-0.05, 0) is 33.0 Å². The van der Waals surface area contributed by atoms with Gasteiger partial charge in [-0.25, -0.2) is 0 Å². The molecule has 0 N–H and O–H groups in total. The van der Waals surface area contributed by atoms with Gasteiger partial charge in [-0.2, -0.15) is 0 Å². The van der Waals surface area contributed by atoms with Gasteiger partial charge in [0, 0.05) is 18.0 Å². The monoisotopic (exact) mass is 268 g/mol. The van der Waals surface area contributed by atoms with Crippen LogP contribution in [0.1, 0.15) is 60.8 Å². The molecule has 2 heteroatoms. The third-order valence-electron chi connectivity index (χ3n) is 2.39. The standard InChI is InChI=1S/C13H24N2.2C2H6/c1-6-9-11-14-12(8-3)13(10-7-2)15(4)5;2*1-2/h6,9,11,13H,1,7-8,10H2,2-5H3;2*1-2H3/b11-9-,14-12?;;. The predicted octanol–water partition coefficient (Wildman–Crippen LogP) is 5.32. The fourth-order valence-electron chi connectivity index (χ4n) is 1.61. The molecule has 0 saturated heterocycles. The molecule has 0 aliphatic carbocycles. The maximum atomic E-state index is 4.50. The molecule has 0 saturated carbocycles. The Hall–Kier alpha value is -0.890. The molecule has 0 aromatic rings. The van der Waals surface area contributed by atoms with E-state index >= 15 is 0 Å². The van der Waals surface area contributed by atoms with E-state index in [1.807, 2.05) is 40.0 Å². The molecular formula is C17H36N2. The van der Waals surface area contributed by atoms with Crippen LogP contribution in [-0.4, -0.2) is 30.7 Å². The van der Waals surface area contributed by atoms with Crippen molar-refractivity contribution >= 4 is 5.71 Å². The zero-order valence-electron chi connectivity index (χ0n) is 14.5. The van der Waals surface area contributed by atoms with Crippen molar-refractivity contribution in [1.82, 2.24) is 4.90 Å². The van der Waals surface area contributed by atoms with Crippen molar-refractivity contribution in [3.63, 3.8) is 0 Å². The SMILES string of the molecule is C=C/C=C\N=C(CC)C(CCC)N(C)C.CC.CC. The Kier molecular flexibility index (Phi) is 23.8. The van der Waals surface area contributed by atoms with Crippen molar-refractivity contribution < 1.29 is 0 Å². The largest absolute Gasteiger partial charge is 0.301 e. The van der Waals surface area contributed by atoms with E-state index in [-0.39, 0.29) is 0 Å². The lowest BCUT2D eigenvalue weighted by Crippen LogP contribution is -2.35. The fraction of sp³-hybridized carbons (Fsp3) is 0.706. The second-order valence-corrected chi connectivity index (χ2v) is 3.82. The first kappa shape index (κ1) is 23.2. The van der Waals surface area contributed by atoms with Gasteiger partial charge in [0.15, 0.2) is 0 Å². The van der Waals surface area contributed by atoms with Gasteiger partial charge in [0.2, 0.25) is 0 Å². The van der Waals surface area contributed by atoms with Crippen LogP contribution in [0.25, 0.3) is 0 Å². The van der Waals surface area contributed by atoms with Crippen LogP contribution in [0.5, 0.6) is 0 Å². The molecule has 0 rings (SSSR count). The highest BCUT2D eigenvalue weighted by atomic mass is 15.1. The number of rotatable bonds is 7. The first-order chi connectivity index (χ1) is 9.17. The Morgan fingerprint density at radius 2 is 1.68 bits per heavy atom. The van der Waals surface area contributed by atoms with Crippen LogP contribution in [0.15, 0.2) is 29.9 Å². The molecule has 1 unspecified atom stereocenters. The van der Waals surface area contributed by atoms with Crippen LogP contribution < -0.4 is 0 Å². The van der Waals surface area contributed by atoms with E-state index < -0.39 is 0 Å². The second-order valence-electron chi connectivity index (χ2n) is 3.82. The molecule has 2 nitrogen and oxygen atoms in total. The van der Waals surface area contributed by atoms with E-state index in [0.717, 1.165) is 6.42 Å². The van der Waals surface area contributed by atoms with Gasteiger partial charge in [0.25, 0.3) is 0 Å². The molecule has 0 aromatic carbocycles. The van der Waals surface area contributed by atoms with E-state index in [9.17, 15) is 0 Å². The first-order valence-electron chi connectivity index (χ1n) is 7.67. The first-order valence-corrected chi connectivity index (χ1v) is 7.67. The number of nitrogens with zero attached hydrogens (tertiary/aromatic N) is 2. The molecule has 0 radical (unpaired) electrons. The van der Waals surface area contributed by atoms with Crippen molar-refractivity contribution in [2.24, 2.45) is 4.99 Å². The Bertz CT molecular complexity index is 227. The topological polar surface area (TPSA) is 15.6 Å². The summed E-state index contributed by atoms with van der Waals surface area (Å²) < 4.78 is 0. The Morgan fingerprint density at radius 3 is 2.00 bits per heavy atom. The molecule has 0 fully saturated rings. The average molecular weight is 268 g/mol. The molecule has 0 amide bonds. The van der Waals surface area contributed by atoms with E-state index in [1.165, 1.54) is 18.6 Å². The van der Waals surface area contributed by atoms with Crippen LogP contribution in [0.2, 0.25) is 0 Å². The van der Waals surface area contributed by atoms with Crippen molar-refractivity contribution in [3.8, 4) is 0 Å². The molecule has 0 bridgehead atoms. The average Bonchev–Trinajstić information content (AvgIpc) is 2.46. The van der Waals surface area contributed by atoms with Crippen LogP contribution in [0, 0.1) is 0 Å². The van der Waals surface area contributed by atoms with Crippen molar-refractivity contribution in [2.75, 3.05) is 14.1 Å². The molecule has 0 spiro atoms. The second kappa shape index (κ2) is 19.4. The summed E-state index contributed by atoms with van der Waals surface area (Å²) in [4.78, 5) is 6.74. The normalized spacial score (nSPS) is 12.4. The molecule has 0 aromatic heterocycles. The fourth-order valence-corrected chi connectivity index (χ4v) is 1.61. The minimum absolute atomic E-state index is 0.467. The summed E-state index contributed by atoms with van der Waals surface area (Å²) in [7, 11) is 4.23. The van der Waals surface area contributed by atoms with Gasteiger partial charge >= 0.3 is 0 Å². The molecule has 114 valence electrons. The maximum Gasteiger partial charge on any atom is 0.0475 e. The quantitative estimate of drug-likeness (QED) is 0.450. The summed E-state index contributed by atoms with van der Waals surface area (Å²) in [6, 6.07) is 0.467. The van der Waals surface area contributed by atoms with E-state index in [2.05, 4.69) is 44.4 Å². The van der Waals surface area contributed by atoms with E-state index in [1.54, 1.807) is 6.08 Å². The van der Waals surface area contributed by atoms with Gasteiger partial charge in [-0.3, -0.25) is 4.99 Å². The predicted molar refractivity (Wildman–Crippen MR) is 92.1 cm³/mol. The van der Waals surface area contributed by atoms with Crippen molar-refractivity contribution in [3.05, 3.63) is 24.9 Å². The zero-order chi connectivity index (χ0) is 15.7. The Morgan fingerprint density at radius 1 is 1.16 bits per heavy atom. The van der Waals surface area contributed by atoms with Gasteiger partial charge in [0.1, 0.15) is 0 Å². The van der Waals surface area contributed by atoms with Crippen molar-refractivity contribution in [1.29, 1.82) is 0 Å². The molecule has 0 aliphatic rings. The third-order valence-corrected chi connectivity index (χ3v) is 2.39. The van der Waals surface area contributed by atoms with Crippen LogP contribution in [0.3, 0.4) is 0 Å². The molecule has 0 aliphatic heterocycles. The summed E-state index contributed by atoms with van der Waals surface area (Å²) in [5, 5.41) is 0. The maximum absolute atomic E-state index is 4.50. The highest BCUT2D eigenvalue weighted by Gasteiger charge is 2.15. The van der Waals surface area contributed by atoms with Gasteiger partial charge in [0.05, 0.1) is 0 Å². The summed E-state index contributed by atoms with van der Waals surface area (Å²) in [6.07, 6.45) is 8.81. The Balaban J connectivity index is -0.000000579. The summed E-state index contributed by atoms with van der Waals surface area (Å²) in [5.41, 5.74) is 1.25. The Labute approximate surface area is 122 Å². The molecular weight excluding hydrogens is 232 g/mol. The highest BCUT2D eigenvalue weighted by molar-refractivity contribution is 5.89. The minimum Gasteiger partial charge on any atom is -0.301 e. The molecule has 0 heterocycles. The van der Waals surface area contributed by atoms with Gasteiger partial charge < -0.3 is 4.90 Å². The lowest BCUT2D eigenvalue weighted by molar-refractivity contribution is 0.341. The van der Waals surface area contributed by atoms with Crippen LogP contribution in [-0.2, 0) is 0 Å². The lowest BCUT2D eigenvalue weighted by Gasteiger charge is -2.24. The van der Waals surface area contributed by atoms with Crippen LogP contribution >= 0.6 is 0 Å². The van der Waals surface area contributed by atoms with E-state index in [0.29, 0.717) is 6.04 Å². The van der Waals surface area contributed by atoms with E-state index in [4.69, 9.17) is 0 Å². The summed E-state index contributed by atoms with van der Waals surface area (Å²) >= 11 is 0. The zero-order valence-corrected chi connectivity index (χ0v) is 14.5. The van der Waals surface area contributed by atoms with Crippen molar-refractivity contribution in [2.45, 2.75) is 66.8 Å². The number of hydrogen-bond acceptors (Lipinski definition) is 2. The van der Waals surface area contributed by atoms with Gasteiger partial charge in [-0.1, -0.05) is 60.6 Å². The summed E-state index contributed by atoms with van der Waals surface area (Å²) in [6.45, 7) is 16.0. The molecule has 1 atom stereocenters. The molecule has 19 heavy (non-hydrogen) atoms. The number of aliphatic imine (C=N–C) groups is 1. The van der Waals surface area contributed by atoms with Gasteiger partial charge in [-0.15, -0.1) is 0 Å². The number of allylic oxidation sites excluding steroid dienone is 2.